The second-order valence-corrected chi connectivity index (χ2v) is 1.84. The quantitative estimate of drug-likeness (QED) is 0.377. The zero-order valence-electron chi connectivity index (χ0n) is 7.30. The van der Waals surface area contributed by atoms with Crippen LogP contribution in [0.3, 0.4) is 0 Å². The van der Waals surface area contributed by atoms with Crippen LogP contribution in [0.25, 0.3) is 0 Å². The fourth-order valence-electron chi connectivity index (χ4n) is 0.150. The van der Waals surface area contributed by atoms with E-state index in [1.807, 2.05) is 0 Å². The first-order valence-electron chi connectivity index (χ1n) is 2.30. The van der Waals surface area contributed by atoms with Gasteiger partial charge >= 0.3 is 80.9 Å². The molecule has 0 fully saturated rings. The van der Waals surface area contributed by atoms with Gasteiger partial charge in [0.1, 0.15) is 0 Å². The van der Waals surface area contributed by atoms with E-state index in [1.54, 1.807) is 0 Å². The number of hydrogen-bond donors (Lipinski definition) is 4. The Bertz CT molecular complexity index is 71.1. The third-order valence-corrected chi connectivity index (χ3v) is 0.945. The smallest absolute Gasteiger partial charge is 1.00 e. The fourth-order valence-corrected chi connectivity index (χ4v) is 0.150. The first-order valence-corrected chi connectivity index (χ1v) is 2.30. The second-order valence-electron chi connectivity index (χ2n) is 1.84. The number of aliphatic hydroxyl groups excluding tert-OH is 3. The third-order valence-electron chi connectivity index (χ3n) is 0.945. The van der Waals surface area contributed by atoms with Crippen molar-refractivity contribution in [2.24, 2.45) is 5.73 Å². The van der Waals surface area contributed by atoms with Crippen LogP contribution >= 0.6 is 0 Å². The van der Waals surface area contributed by atoms with Gasteiger partial charge in [-0.05, 0) is 0 Å². The van der Waals surface area contributed by atoms with E-state index >= 15 is 0 Å². The van der Waals surface area contributed by atoms with E-state index in [0.717, 1.165) is 0 Å². The summed E-state index contributed by atoms with van der Waals surface area (Å²) in [5.74, 6) is 0. The van der Waals surface area contributed by atoms with Crippen molar-refractivity contribution in [2.45, 2.75) is 5.54 Å². The van der Waals surface area contributed by atoms with Gasteiger partial charge in [0.15, 0.2) is 0 Å². The minimum absolute atomic E-state index is 0. The van der Waals surface area contributed by atoms with E-state index in [0.29, 0.717) is 0 Å². The molecule has 0 aliphatic rings. The standard InChI is InChI=1S/C4H11NO3.2ClH.K.Na/c5-4(1-6,2-7)3-8;;;;/h6-8H,1-3,5H2;2*1H;;/q;;;2*+1/p-2. The van der Waals surface area contributed by atoms with Gasteiger partial charge < -0.3 is 45.9 Å². The first kappa shape index (κ1) is 29.4. The second kappa shape index (κ2) is 16.5. The fraction of sp³-hybridized carbons (Fsp3) is 1.00. The van der Waals surface area contributed by atoms with Gasteiger partial charge in [0.25, 0.3) is 0 Å². The van der Waals surface area contributed by atoms with Crippen molar-refractivity contribution in [1.82, 2.24) is 0 Å². The molecule has 0 aliphatic carbocycles. The summed E-state index contributed by atoms with van der Waals surface area (Å²) >= 11 is 0. The Kier molecular flexibility index (Phi) is 40.4. The molecule has 0 radical (unpaired) electrons. The minimum Gasteiger partial charge on any atom is -1.00 e. The average molecular weight is 254 g/mol. The van der Waals surface area contributed by atoms with Gasteiger partial charge in [0.05, 0.1) is 25.4 Å². The van der Waals surface area contributed by atoms with Crippen molar-refractivity contribution in [3.05, 3.63) is 0 Å². The van der Waals surface area contributed by atoms with Crippen LogP contribution in [0.5, 0.6) is 0 Å². The summed E-state index contributed by atoms with van der Waals surface area (Å²) in [6.07, 6.45) is 0. The number of nitrogens with two attached hydrogens (primary N) is 1. The molecule has 0 aromatic heterocycles. The molecule has 8 heteroatoms. The van der Waals surface area contributed by atoms with Crippen LogP contribution < -0.4 is 111 Å². The molecule has 12 heavy (non-hydrogen) atoms. The first-order chi connectivity index (χ1) is 3.68. The van der Waals surface area contributed by atoms with Gasteiger partial charge in [-0.1, -0.05) is 0 Å². The molecule has 0 spiro atoms. The molecule has 0 saturated heterocycles. The molecule has 0 aromatic carbocycles. The van der Waals surface area contributed by atoms with Gasteiger partial charge in [0.2, 0.25) is 0 Å². The van der Waals surface area contributed by atoms with Crippen molar-refractivity contribution in [3.63, 3.8) is 0 Å². The van der Waals surface area contributed by atoms with Gasteiger partial charge in [0, 0.05) is 0 Å². The van der Waals surface area contributed by atoms with Crippen molar-refractivity contribution < 1.29 is 121 Å². The van der Waals surface area contributed by atoms with Crippen LogP contribution in [-0.4, -0.2) is 40.7 Å². The van der Waals surface area contributed by atoms with Crippen LogP contribution in [0.4, 0.5) is 0 Å². The maximum absolute atomic E-state index is 8.34. The molecule has 0 heterocycles. The maximum Gasteiger partial charge on any atom is 1.00 e. The molecular formula is C4H11Cl2KNNaO3. The molecule has 0 bridgehead atoms. The number of aliphatic hydroxyl groups is 3. The zero-order chi connectivity index (χ0) is 6.62. The van der Waals surface area contributed by atoms with Crippen molar-refractivity contribution in [2.75, 3.05) is 19.8 Å². The Morgan fingerprint density at radius 1 is 0.917 bits per heavy atom. The number of halogens is 2. The van der Waals surface area contributed by atoms with Crippen LogP contribution in [0.15, 0.2) is 0 Å². The SMILES string of the molecule is NC(CO)(CO)CO.[Cl-].[Cl-].[K+].[Na+]. The van der Waals surface area contributed by atoms with E-state index < -0.39 is 25.4 Å². The van der Waals surface area contributed by atoms with Crippen molar-refractivity contribution in [1.29, 1.82) is 0 Å². The molecule has 66 valence electrons. The van der Waals surface area contributed by atoms with Crippen molar-refractivity contribution >= 4 is 0 Å². The van der Waals surface area contributed by atoms with Crippen molar-refractivity contribution in [3.8, 4) is 0 Å². The molecule has 0 aromatic rings. The summed E-state index contributed by atoms with van der Waals surface area (Å²) in [4.78, 5) is 0. The summed E-state index contributed by atoms with van der Waals surface area (Å²) in [5.41, 5.74) is 3.94. The monoisotopic (exact) mass is 253 g/mol. The summed E-state index contributed by atoms with van der Waals surface area (Å²) in [6.45, 7) is -1.21. The van der Waals surface area contributed by atoms with Crippen LogP contribution in [0, 0.1) is 0 Å². The third kappa shape index (κ3) is 13.1. The predicted octanol–water partition coefficient (Wildman–Crippen LogP) is -14.3. The topological polar surface area (TPSA) is 86.7 Å². The Hall–Kier alpha value is 3.06. The summed E-state index contributed by atoms with van der Waals surface area (Å²) < 4.78 is 0. The Balaban J connectivity index is -0.0000000408. The van der Waals surface area contributed by atoms with E-state index in [9.17, 15) is 0 Å². The molecule has 0 saturated carbocycles. The van der Waals surface area contributed by atoms with Gasteiger partial charge in [-0.15, -0.1) is 0 Å². The molecule has 0 rings (SSSR count). The summed E-state index contributed by atoms with van der Waals surface area (Å²) in [6, 6.07) is 0. The molecule has 5 N–H and O–H groups in total. The molecule has 0 amide bonds. The average Bonchev–Trinajstić information content (AvgIpc) is 1.87. The maximum atomic E-state index is 8.34. The Morgan fingerprint density at radius 3 is 1.08 bits per heavy atom. The molecule has 0 unspecified atom stereocenters. The number of hydrogen-bond acceptors (Lipinski definition) is 4. The zero-order valence-corrected chi connectivity index (χ0v) is 13.9. The molecule has 0 atom stereocenters. The Morgan fingerprint density at radius 2 is 1.08 bits per heavy atom. The normalized spacial score (nSPS) is 8.00. The minimum atomic E-state index is -1.21. The number of rotatable bonds is 3. The summed E-state index contributed by atoms with van der Waals surface area (Å²) in [7, 11) is 0. The van der Waals surface area contributed by atoms with Crippen LogP contribution in [0.2, 0.25) is 0 Å². The molecular weight excluding hydrogens is 243 g/mol. The van der Waals surface area contributed by atoms with E-state index in [-0.39, 0.29) is 106 Å². The van der Waals surface area contributed by atoms with Gasteiger partial charge in [-0.3, -0.25) is 0 Å². The van der Waals surface area contributed by atoms with E-state index in [1.165, 1.54) is 0 Å². The molecule has 0 aliphatic heterocycles. The van der Waals surface area contributed by atoms with E-state index in [4.69, 9.17) is 21.1 Å². The summed E-state index contributed by atoms with van der Waals surface area (Å²) in [5, 5.41) is 25.0. The largest absolute Gasteiger partial charge is 1.00 e. The predicted molar refractivity (Wildman–Crippen MR) is 28.2 cm³/mol. The van der Waals surface area contributed by atoms with Gasteiger partial charge in [-0.2, -0.15) is 0 Å². The van der Waals surface area contributed by atoms with Crippen LogP contribution in [0.1, 0.15) is 0 Å². The van der Waals surface area contributed by atoms with Gasteiger partial charge in [-0.25, -0.2) is 0 Å². The van der Waals surface area contributed by atoms with E-state index in [2.05, 4.69) is 0 Å². The Labute approximate surface area is 149 Å². The molecule has 4 nitrogen and oxygen atoms in total. The van der Waals surface area contributed by atoms with Crippen LogP contribution in [-0.2, 0) is 0 Å².